The van der Waals surface area contributed by atoms with Gasteiger partial charge in [-0.3, -0.25) is 5.10 Å². The summed E-state index contributed by atoms with van der Waals surface area (Å²) >= 11 is 0. The largest absolute Gasteiger partial charge is 0.280 e. The van der Waals surface area contributed by atoms with Crippen LogP contribution in [0, 0.1) is 13.8 Å². The Bertz CT molecular complexity index is 451. The van der Waals surface area contributed by atoms with E-state index < -0.39 is 0 Å². The van der Waals surface area contributed by atoms with Crippen LogP contribution in [0.2, 0.25) is 0 Å². The SMILES string of the molecule is Cc1n[nH]c(C)c1N=Nc1ccccc1. The quantitative estimate of drug-likeness (QED) is 0.741. The highest BCUT2D eigenvalue weighted by Gasteiger charge is 2.03. The molecule has 0 radical (unpaired) electrons. The van der Waals surface area contributed by atoms with E-state index in [1.165, 1.54) is 0 Å². The Balaban J connectivity index is 2.26. The van der Waals surface area contributed by atoms with Gasteiger partial charge in [0.15, 0.2) is 0 Å². The molecule has 1 aromatic carbocycles. The highest BCUT2D eigenvalue weighted by atomic mass is 15.2. The van der Waals surface area contributed by atoms with Crippen LogP contribution in [0.15, 0.2) is 40.6 Å². The van der Waals surface area contributed by atoms with Gasteiger partial charge in [0.25, 0.3) is 0 Å². The molecule has 0 saturated heterocycles. The van der Waals surface area contributed by atoms with Crippen LogP contribution in [0.3, 0.4) is 0 Å². The van der Waals surface area contributed by atoms with Crippen LogP contribution in [-0.2, 0) is 0 Å². The van der Waals surface area contributed by atoms with Crippen molar-refractivity contribution < 1.29 is 0 Å². The number of rotatable bonds is 2. The second kappa shape index (κ2) is 4.04. The molecule has 2 aromatic rings. The lowest BCUT2D eigenvalue weighted by atomic mass is 10.3. The molecule has 0 amide bonds. The van der Waals surface area contributed by atoms with E-state index in [0.29, 0.717) is 0 Å². The minimum Gasteiger partial charge on any atom is -0.280 e. The fourth-order valence-electron chi connectivity index (χ4n) is 1.29. The maximum Gasteiger partial charge on any atom is 0.129 e. The number of aromatic nitrogens is 2. The van der Waals surface area contributed by atoms with Crippen molar-refractivity contribution >= 4 is 11.4 Å². The number of azo groups is 1. The Hall–Kier alpha value is -1.97. The van der Waals surface area contributed by atoms with E-state index in [1.54, 1.807) is 0 Å². The van der Waals surface area contributed by atoms with Crippen LogP contribution in [0.1, 0.15) is 11.4 Å². The first-order chi connectivity index (χ1) is 7.27. The van der Waals surface area contributed by atoms with Crippen LogP contribution in [0.25, 0.3) is 0 Å². The van der Waals surface area contributed by atoms with E-state index in [-0.39, 0.29) is 0 Å². The second-order valence-electron chi connectivity index (χ2n) is 3.32. The maximum atomic E-state index is 4.17. The van der Waals surface area contributed by atoms with E-state index >= 15 is 0 Å². The van der Waals surface area contributed by atoms with Gasteiger partial charge >= 0.3 is 0 Å². The van der Waals surface area contributed by atoms with E-state index in [0.717, 1.165) is 22.8 Å². The van der Waals surface area contributed by atoms with E-state index in [4.69, 9.17) is 0 Å². The van der Waals surface area contributed by atoms with Crippen LogP contribution >= 0.6 is 0 Å². The monoisotopic (exact) mass is 200 g/mol. The Morgan fingerprint density at radius 2 is 1.80 bits per heavy atom. The summed E-state index contributed by atoms with van der Waals surface area (Å²) in [6, 6.07) is 9.64. The summed E-state index contributed by atoms with van der Waals surface area (Å²) in [6.07, 6.45) is 0. The van der Waals surface area contributed by atoms with Crippen molar-refractivity contribution in [2.75, 3.05) is 0 Å². The molecule has 0 spiro atoms. The third-order valence-corrected chi connectivity index (χ3v) is 2.11. The molecule has 15 heavy (non-hydrogen) atoms. The van der Waals surface area contributed by atoms with Gasteiger partial charge in [-0.05, 0) is 26.0 Å². The third-order valence-electron chi connectivity index (χ3n) is 2.11. The zero-order valence-corrected chi connectivity index (χ0v) is 8.73. The second-order valence-corrected chi connectivity index (χ2v) is 3.32. The topological polar surface area (TPSA) is 53.4 Å². The lowest BCUT2D eigenvalue weighted by molar-refractivity contribution is 1.02. The number of aryl methyl sites for hydroxylation is 2. The smallest absolute Gasteiger partial charge is 0.129 e. The Morgan fingerprint density at radius 3 is 2.40 bits per heavy atom. The summed E-state index contributed by atoms with van der Waals surface area (Å²) < 4.78 is 0. The molecule has 1 aromatic heterocycles. The lowest BCUT2D eigenvalue weighted by Gasteiger charge is -1.91. The molecule has 4 nitrogen and oxygen atoms in total. The molecule has 0 aliphatic carbocycles. The normalized spacial score (nSPS) is 11.1. The van der Waals surface area contributed by atoms with Gasteiger partial charge in [-0.25, -0.2) is 0 Å². The lowest BCUT2D eigenvalue weighted by Crippen LogP contribution is -1.68. The molecular formula is C11H12N4. The Labute approximate surface area is 88.1 Å². The van der Waals surface area contributed by atoms with Gasteiger partial charge in [-0.1, -0.05) is 18.2 Å². The summed E-state index contributed by atoms with van der Waals surface area (Å²) in [5, 5.41) is 15.2. The van der Waals surface area contributed by atoms with Crippen LogP contribution in [-0.4, -0.2) is 10.2 Å². The summed E-state index contributed by atoms with van der Waals surface area (Å²) in [6.45, 7) is 3.84. The molecule has 76 valence electrons. The molecule has 0 aliphatic heterocycles. The van der Waals surface area contributed by atoms with Crippen molar-refractivity contribution in [1.82, 2.24) is 10.2 Å². The fourth-order valence-corrected chi connectivity index (χ4v) is 1.29. The van der Waals surface area contributed by atoms with E-state index in [9.17, 15) is 0 Å². The third kappa shape index (κ3) is 2.10. The number of nitrogens with one attached hydrogen (secondary N) is 1. The molecule has 0 saturated carbocycles. The maximum absolute atomic E-state index is 4.17. The molecule has 1 N–H and O–H groups in total. The predicted octanol–water partition coefficient (Wildman–Crippen LogP) is 3.44. The first-order valence-electron chi connectivity index (χ1n) is 4.76. The van der Waals surface area contributed by atoms with Crippen LogP contribution < -0.4 is 0 Å². The number of hydrogen-bond acceptors (Lipinski definition) is 3. The van der Waals surface area contributed by atoms with Crippen molar-refractivity contribution in [3.8, 4) is 0 Å². The number of aromatic amines is 1. The molecular weight excluding hydrogens is 188 g/mol. The minimum atomic E-state index is 0.818. The molecule has 2 rings (SSSR count). The summed E-state index contributed by atoms with van der Waals surface area (Å²) in [4.78, 5) is 0. The van der Waals surface area contributed by atoms with Gasteiger partial charge in [0.05, 0.1) is 17.1 Å². The minimum absolute atomic E-state index is 0.818. The summed E-state index contributed by atoms with van der Waals surface area (Å²) in [7, 11) is 0. The van der Waals surface area contributed by atoms with E-state index in [2.05, 4.69) is 20.4 Å². The molecule has 1 heterocycles. The number of H-pyrrole nitrogens is 1. The zero-order chi connectivity index (χ0) is 10.7. The Morgan fingerprint density at radius 1 is 1.07 bits per heavy atom. The number of nitrogens with zero attached hydrogens (tertiary/aromatic N) is 3. The summed E-state index contributed by atoms with van der Waals surface area (Å²) in [5.74, 6) is 0. The van der Waals surface area contributed by atoms with Gasteiger partial charge in [-0.2, -0.15) is 10.2 Å². The molecule has 4 heteroatoms. The molecule has 0 bridgehead atoms. The fraction of sp³-hybridized carbons (Fsp3) is 0.182. The van der Waals surface area contributed by atoms with Crippen molar-refractivity contribution in [1.29, 1.82) is 0 Å². The molecule has 0 unspecified atom stereocenters. The standard InChI is InChI=1S/C11H12N4/c1-8-11(9(2)13-12-8)15-14-10-6-4-3-5-7-10/h3-7H,1-2H3,(H,12,13). The first kappa shape index (κ1) is 9.58. The van der Waals surface area contributed by atoms with Gasteiger partial charge in [0, 0.05) is 0 Å². The zero-order valence-electron chi connectivity index (χ0n) is 8.73. The van der Waals surface area contributed by atoms with Gasteiger partial charge in [0.1, 0.15) is 5.69 Å². The van der Waals surface area contributed by atoms with Crippen molar-refractivity contribution in [2.24, 2.45) is 10.2 Å². The first-order valence-corrected chi connectivity index (χ1v) is 4.76. The highest BCUT2D eigenvalue weighted by molar-refractivity contribution is 5.46. The summed E-state index contributed by atoms with van der Waals surface area (Å²) in [5.41, 5.74) is 3.47. The average Bonchev–Trinajstić information content (AvgIpc) is 2.58. The van der Waals surface area contributed by atoms with Crippen molar-refractivity contribution in [3.05, 3.63) is 41.7 Å². The number of benzene rings is 1. The van der Waals surface area contributed by atoms with E-state index in [1.807, 2.05) is 44.2 Å². The number of hydrogen-bond donors (Lipinski definition) is 1. The highest BCUT2D eigenvalue weighted by Crippen LogP contribution is 2.22. The van der Waals surface area contributed by atoms with Crippen molar-refractivity contribution in [2.45, 2.75) is 13.8 Å². The van der Waals surface area contributed by atoms with Gasteiger partial charge in [0.2, 0.25) is 0 Å². The Kier molecular flexibility index (Phi) is 2.58. The van der Waals surface area contributed by atoms with Crippen LogP contribution in [0.5, 0.6) is 0 Å². The van der Waals surface area contributed by atoms with Gasteiger partial charge < -0.3 is 0 Å². The average molecular weight is 200 g/mol. The molecule has 0 aliphatic rings. The molecule has 0 atom stereocenters. The predicted molar refractivity (Wildman–Crippen MR) is 58.7 cm³/mol. The van der Waals surface area contributed by atoms with Gasteiger partial charge in [-0.15, -0.1) is 5.11 Å². The molecule has 0 fully saturated rings. The van der Waals surface area contributed by atoms with Crippen molar-refractivity contribution in [3.63, 3.8) is 0 Å². The van der Waals surface area contributed by atoms with Crippen LogP contribution in [0.4, 0.5) is 11.4 Å².